The fourth-order valence-electron chi connectivity index (χ4n) is 3.76. The van der Waals surface area contributed by atoms with E-state index in [9.17, 15) is 19.7 Å². The molecule has 2 aromatic carbocycles. The smallest absolute Gasteiger partial charge is 0.340 e. The Labute approximate surface area is 204 Å². The minimum Gasteiger partial charge on any atom is -0.465 e. The van der Waals surface area contributed by atoms with Crippen LogP contribution in [-0.2, 0) is 22.5 Å². The topological polar surface area (TPSA) is 109 Å². The van der Waals surface area contributed by atoms with Crippen LogP contribution in [0, 0.1) is 24.0 Å². The summed E-state index contributed by atoms with van der Waals surface area (Å²) in [5, 5.41) is 11.5. The van der Waals surface area contributed by atoms with Gasteiger partial charge in [0.15, 0.2) is 0 Å². The number of esters is 2. The first kappa shape index (κ1) is 25.6. The largest absolute Gasteiger partial charge is 0.465 e. The summed E-state index contributed by atoms with van der Waals surface area (Å²) in [6, 6.07) is 13.6. The third kappa shape index (κ3) is 6.09. The van der Waals surface area contributed by atoms with Crippen LogP contribution in [0.1, 0.15) is 63.0 Å². The van der Waals surface area contributed by atoms with Crippen molar-refractivity contribution in [3.8, 4) is 11.1 Å². The van der Waals surface area contributed by atoms with Gasteiger partial charge in [0.2, 0.25) is 0 Å². The molecule has 0 amide bonds. The maximum Gasteiger partial charge on any atom is 0.340 e. The highest BCUT2D eigenvalue weighted by Gasteiger charge is 2.23. The zero-order chi connectivity index (χ0) is 25.5. The molecular weight excluding hydrogens is 448 g/mol. The van der Waals surface area contributed by atoms with Crippen LogP contribution in [-0.4, -0.2) is 29.0 Å². The predicted octanol–water partition coefficient (Wildman–Crippen LogP) is 5.76. The highest BCUT2D eigenvalue weighted by molar-refractivity contribution is 5.98. The van der Waals surface area contributed by atoms with E-state index < -0.39 is 16.9 Å². The highest BCUT2D eigenvalue weighted by atomic mass is 16.6. The van der Waals surface area contributed by atoms with Crippen LogP contribution in [0.5, 0.6) is 0 Å². The molecule has 35 heavy (non-hydrogen) atoms. The first-order valence-electron chi connectivity index (χ1n) is 11.4. The number of ether oxygens (including phenoxy) is 2. The van der Waals surface area contributed by atoms with Gasteiger partial charge < -0.3 is 9.47 Å². The summed E-state index contributed by atoms with van der Waals surface area (Å²) in [7, 11) is 1.19. The SMILES string of the molecule is CCCCc1cc(-c2ccc(C)cc2)c(C(=O)OCc2ccc(C(=O)OC)cc2[N+](=O)[O-])c(C)n1. The summed E-state index contributed by atoms with van der Waals surface area (Å²) in [4.78, 5) is 40.5. The Morgan fingerprint density at radius 3 is 2.37 bits per heavy atom. The number of rotatable bonds is 9. The highest BCUT2D eigenvalue weighted by Crippen LogP contribution is 2.29. The molecule has 0 aliphatic rings. The summed E-state index contributed by atoms with van der Waals surface area (Å²) in [6.07, 6.45) is 2.80. The van der Waals surface area contributed by atoms with Crippen LogP contribution in [0.2, 0.25) is 0 Å². The van der Waals surface area contributed by atoms with Gasteiger partial charge in [-0.05, 0) is 56.0 Å². The molecule has 1 aromatic heterocycles. The summed E-state index contributed by atoms with van der Waals surface area (Å²) >= 11 is 0. The molecule has 182 valence electrons. The molecule has 0 spiro atoms. The zero-order valence-electron chi connectivity index (χ0n) is 20.3. The molecule has 0 aliphatic heterocycles. The molecule has 0 unspecified atom stereocenters. The van der Waals surface area contributed by atoms with Crippen LogP contribution in [0.3, 0.4) is 0 Å². The Hall–Kier alpha value is -4.07. The fourth-order valence-corrected chi connectivity index (χ4v) is 3.76. The van der Waals surface area contributed by atoms with Crippen molar-refractivity contribution in [2.24, 2.45) is 0 Å². The lowest BCUT2D eigenvalue weighted by Gasteiger charge is -2.15. The summed E-state index contributed by atoms with van der Waals surface area (Å²) < 4.78 is 10.1. The number of aryl methyl sites for hydroxylation is 3. The number of carbonyl (C=O) groups excluding carboxylic acids is 2. The molecule has 1 heterocycles. The lowest BCUT2D eigenvalue weighted by molar-refractivity contribution is -0.385. The molecule has 0 aliphatic carbocycles. The Morgan fingerprint density at radius 1 is 1.03 bits per heavy atom. The second-order valence-corrected chi connectivity index (χ2v) is 8.26. The van der Waals surface area contributed by atoms with Crippen molar-refractivity contribution in [2.75, 3.05) is 7.11 Å². The molecule has 0 fully saturated rings. The number of nitro benzene ring substituents is 1. The second-order valence-electron chi connectivity index (χ2n) is 8.26. The molecule has 0 bridgehead atoms. The van der Waals surface area contributed by atoms with Gasteiger partial charge in [-0.25, -0.2) is 9.59 Å². The van der Waals surface area contributed by atoms with Crippen molar-refractivity contribution in [3.63, 3.8) is 0 Å². The molecule has 0 atom stereocenters. The molecule has 0 saturated carbocycles. The first-order valence-corrected chi connectivity index (χ1v) is 11.4. The average Bonchev–Trinajstić information content (AvgIpc) is 2.85. The van der Waals surface area contributed by atoms with Crippen molar-refractivity contribution in [2.45, 2.75) is 46.6 Å². The third-order valence-corrected chi connectivity index (χ3v) is 5.67. The lowest BCUT2D eigenvalue weighted by Crippen LogP contribution is -2.12. The third-order valence-electron chi connectivity index (χ3n) is 5.67. The van der Waals surface area contributed by atoms with Crippen LogP contribution >= 0.6 is 0 Å². The Kier molecular flexibility index (Phi) is 8.30. The molecular formula is C27H28N2O6. The van der Waals surface area contributed by atoms with E-state index in [4.69, 9.17) is 4.74 Å². The monoisotopic (exact) mass is 476 g/mol. The van der Waals surface area contributed by atoms with E-state index in [1.54, 1.807) is 6.92 Å². The van der Waals surface area contributed by atoms with Crippen molar-refractivity contribution >= 4 is 17.6 Å². The molecule has 3 aromatic rings. The molecule has 3 rings (SSSR count). The van der Waals surface area contributed by atoms with Crippen molar-refractivity contribution in [1.29, 1.82) is 0 Å². The zero-order valence-corrected chi connectivity index (χ0v) is 20.3. The van der Waals surface area contributed by atoms with Crippen LogP contribution in [0.15, 0.2) is 48.5 Å². The van der Waals surface area contributed by atoms with E-state index in [1.807, 2.05) is 37.3 Å². The number of nitro groups is 1. The Bertz CT molecular complexity index is 1250. The lowest BCUT2D eigenvalue weighted by atomic mass is 9.96. The molecule has 8 nitrogen and oxygen atoms in total. The van der Waals surface area contributed by atoms with E-state index in [0.717, 1.165) is 42.1 Å². The fraction of sp³-hybridized carbons (Fsp3) is 0.296. The Balaban J connectivity index is 1.95. The van der Waals surface area contributed by atoms with Gasteiger partial charge in [-0.1, -0.05) is 43.2 Å². The maximum absolute atomic E-state index is 13.2. The number of benzene rings is 2. The van der Waals surface area contributed by atoms with Crippen LogP contribution in [0.4, 0.5) is 5.69 Å². The van der Waals surface area contributed by atoms with Gasteiger partial charge in [0, 0.05) is 11.8 Å². The van der Waals surface area contributed by atoms with Crippen LogP contribution in [0.25, 0.3) is 11.1 Å². The predicted molar refractivity (Wildman–Crippen MR) is 131 cm³/mol. The van der Waals surface area contributed by atoms with Crippen molar-refractivity contribution in [3.05, 3.63) is 92.3 Å². The minimum absolute atomic E-state index is 0.0404. The number of unbranched alkanes of at least 4 members (excludes halogenated alkanes) is 1. The van der Waals surface area contributed by atoms with E-state index in [0.29, 0.717) is 16.8 Å². The average molecular weight is 477 g/mol. The minimum atomic E-state index is -0.691. The second kappa shape index (κ2) is 11.4. The van der Waals surface area contributed by atoms with Gasteiger partial charge in [-0.15, -0.1) is 0 Å². The van der Waals surface area contributed by atoms with Gasteiger partial charge in [-0.3, -0.25) is 15.1 Å². The normalized spacial score (nSPS) is 10.6. The summed E-state index contributed by atoms with van der Waals surface area (Å²) in [5.74, 6) is -1.32. The molecule has 0 N–H and O–H groups in total. The molecule has 8 heteroatoms. The first-order chi connectivity index (χ1) is 16.7. The van der Waals surface area contributed by atoms with E-state index in [-0.39, 0.29) is 23.4 Å². The summed E-state index contributed by atoms with van der Waals surface area (Å²) in [5.41, 5.74) is 4.30. The quantitative estimate of drug-likeness (QED) is 0.219. The number of nitrogens with zero attached hydrogens (tertiary/aromatic N) is 2. The molecule has 0 radical (unpaired) electrons. The van der Waals surface area contributed by atoms with Crippen LogP contribution < -0.4 is 0 Å². The number of aromatic nitrogens is 1. The van der Waals surface area contributed by atoms with Crippen molar-refractivity contribution in [1.82, 2.24) is 4.98 Å². The summed E-state index contributed by atoms with van der Waals surface area (Å²) in [6.45, 7) is 5.52. The van der Waals surface area contributed by atoms with Gasteiger partial charge in [0.05, 0.1) is 34.4 Å². The Morgan fingerprint density at radius 2 is 1.74 bits per heavy atom. The number of hydrogen-bond acceptors (Lipinski definition) is 7. The standard InChI is InChI=1S/C27H28N2O6/c1-5-6-7-22-15-23(19-10-8-17(2)9-11-19)25(18(3)28-22)27(31)35-16-21-13-12-20(26(30)34-4)14-24(21)29(32)33/h8-15H,5-7,16H2,1-4H3. The maximum atomic E-state index is 13.2. The number of carbonyl (C=O) groups is 2. The van der Waals surface area contributed by atoms with Gasteiger partial charge in [-0.2, -0.15) is 0 Å². The van der Waals surface area contributed by atoms with E-state index >= 15 is 0 Å². The van der Waals surface area contributed by atoms with Gasteiger partial charge >= 0.3 is 11.9 Å². The molecule has 0 saturated heterocycles. The van der Waals surface area contributed by atoms with Gasteiger partial charge in [0.25, 0.3) is 5.69 Å². The number of methoxy groups -OCH3 is 1. The van der Waals surface area contributed by atoms with Gasteiger partial charge in [0.1, 0.15) is 6.61 Å². The van der Waals surface area contributed by atoms with Crippen molar-refractivity contribution < 1.29 is 24.0 Å². The van der Waals surface area contributed by atoms with E-state index in [2.05, 4.69) is 16.6 Å². The number of hydrogen-bond donors (Lipinski definition) is 0. The van der Waals surface area contributed by atoms with E-state index in [1.165, 1.54) is 19.2 Å². The number of pyridine rings is 1.